The van der Waals surface area contributed by atoms with E-state index < -0.39 is 17.8 Å². The molecule has 2 aromatic heterocycles. The van der Waals surface area contributed by atoms with Gasteiger partial charge in [-0.15, -0.1) is 0 Å². The van der Waals surface area contributed by atoms with Gasteiger partial charge in [-0.2, -0.15) is 5.10 Å². The molecule has 3 N–H and O–H groups in total. The van der Waals surface area contributed by atoms with Crippen molar-refractivity contribution < 1.29 is 14.3 Å². The summed E-state index contributed by atoms with van der Waals surface area (Å²) in [5.74, 6) is -1.05. The minimum absolute atomic E-state index is 0.119. The highest BCUT2D eigenvalue weighted by molar-refractivity contribution is 6.30. The third-order valence-electron chi connectivity index (χ3n) is 5.59. The molecule has 7 nitrogen and oxygen atoms in total. The van der Waals surface area contributed by atoms with Gasteiger partial charge >= 0.3 is 0 Å². The molecule has 9 heteroatoms. The van der Waals surface area contributed by atoms with E-state index in [1.54, 1.807) is 36.5 Å². The number of fused-ring (bicyclic) bond motifs is 1. The zero-order valence-corrected chi connectivity index (χ0v) is 19.4. The van der Waals surface area contributed by atoms with Crippen molar-refractivity contribution in [2.75, 3.05) is 6.61 Å². The van der Waals surface area contributed by atoms with Crippen molar-refractivity contribution in [3.63, 3.8) is 0 Å². The van der Waals surface area contributed by atoms with E-state index in [2.05, 4.69) is 15.4 Å². The quantitative estimate of drug-likeness (QED) is 0.362. The van der Waals surface area contributed by atoms with Gasteiger partial charge in [0.25, 0.3) is 11.5 Å². The van der Waals surface area contributed by atoms with Crippen molar-refractivity contribution in [1.82, 2.24) is 19.9 Å². The molecule has 4 aromatic rings. The first-order valence-corrected chi connectivity index (χ1v) is 11.2. The number of amides is 1. The summed E-state index contributed by atoms with van der Waals surface area (Å²) in [5, 5.41) is 17.3. The van der Waals surface area contributed by atoms with Gasteiger partial charge in [-0.05, 0) is 42.2 Å². The second-order valence-corrected chi connectivity index (χ2v) is 8.74. The van der Waals surface area contributed by atoms with Gasteiger partial charge in [-0.1, -0.05) is 49.7 Å². The molecule has 2 heterocycles. The van der Waals surface area contributed by atoms with Crippen molar-refractivity contribution >= 4 is 23.0 Å². The highest BCUT2D eigenvalue weighted by atomic mass is 35.5. The van der Waals surface area contributed by atoms with Gasteiger partial charge < -0.3 is 15.4 Å². The Morgan fingerprint density at radius 3 is 2.62 bits per heavy atom. The molecule has 1 atom stereocenters. The molecule has 0 spiro atoms. The Morgan fingerprint density at radius 1 is 1.24 bits per heavy atom. The molecular weight excluding hydrogens is 459 g/mol. The summed E-state index contributed by atoms with van der Waals surface area (Å²) < 4.78 is 14.8. The molecule has 176 valence electrons. The summed E-state index contributed by atoms with van der Waals surface area (Å²) >= 11 is 6.09. The zero-order valence-electron chi connectivity index (χ0n) is 18.7. The predicted octanol–water partition coefficient (Wildman–Crippen LogP) is 4.46. The predicted molar refractivity (Wildman–Crippen MR) is 129 cm³/mol. The maximum Gasteiger partial charge on any atom is 0.274 e. The third-order valence-corrected chi connectivity index (χ3v) is 5.82. The number of aromatic amines is 1. The average molecular weight is 483 g/mol. The monoisotopic (exact) mass is 482 g/mol. The number of aromatic nitrogens is 3. The number of hydrogen-bond acceptors (Lipinski definition) is 4. The van der Waals surface area contributed by atoms with Crippen LogP contribution in [0.5, 0.6) is 0 Å². The number of carbonyl (C=O) groups excluding carboxylic acids is 1. The Labute approximate surface area is 200 Å². The van der Waals surface area contributed by atoms with E-state index in [1.807, 2.05) is 19.9 Å². The van der Waals surface area contributed by atoms with Crippen molar-refractivity contribution in [3.05, 3.63) is 92.7 Å². The molecule has 0 bridgehead atoms. The standard InChI is InChI=1S/C25H24ClFN4O3/c1-14(2)21-22(24(33)28-19(10-11-32)15-6-8-18(27)9-7-15)30-31-13-20(29-25(34)23(21)31)16-4-3-5-17(26)12-16/h3-9,12-14,19,32H,10-11H2,1-2H3,(H,28,33)(H,29,34)/t19-/m1/s1. The second kappa shape index (κ2) is 9.79. The number of aliphatic hydroxyl groups excluding tert-OH is 1. The van der Waals surface area contributed by atoms with Crippen molar-refractivity contribution in [2.24, 2.45) is 0 Å². The number of carbonyl (C=O) groups is 1. The van der Waals surface area contributed by atoms with Crippen LogP contribution in [0.15, 0.2) is 59.5 Å². The molecule has 0 radical (unpaired) electrons. The van der Waals surface area contributed by atoms with Crippen LogP contribution < -0.4 is 10.9 Å². The summed E-state index contributed by atoms with van der Waals surface area (Å²) in [5.41, 5.74) is 2.41. The van der Waals surface area contributed by atoms with E-state index in [9.17, 15) is 19.1 Å². The molecule has 0 aliphatic carbocycles. The van der Waals surface area contributed by atoms with Crippen LogP contribution >= 0.6 is 11.6 Å². The van der Waals surface area contributed by atoms with E-state index in [4.69, 9.17) is 11.6 Å². The average Bonchev–Trinajstić information content (AvgIpc) is 3.20. The number of aliphatic hydroxyl groups is 1. The summed E-state index contributed by atoms with van der Waals surface area (Å²) in [6.07, 6.45) is 1.89. The Morgan fingerprint density at radius 2 is 1.97 bits per heavy atom. The molecular formula is C25H24ClFN4O3. The van der Waals surface area contributed by atoms with Crippen LogP contribution in [0, 0.1) is 5.82 Å². The maximum absolute atomic E-state index is 13.3. The number of hydrogen-bond donors (Lipinski definition) is 3. The Bertz CT molecular complexity index is 1400. The van der Waals surface area contributed by atoms with Gasteiger partial charge in [0.15, 0.2) is 5.69 Å². The molecule has 0 unspecified atom stereocenters. The summed E-state index contributed by atoms with van der Waals surface area (Å²) in [6.45, 7) is 3.58. The number of H-pyrrole nitrogens is 1. The molecule has 4 rings (SSSR count). The third kappa shape index (κ3) is 4.73. The molecule has 0 saturated carbocycles. The van der Waals surface area contributed by atoms with Gasteiger partial charge in [-0.3, -0.25) is 9.59 Å². The minimum Gasteiger partial charge on any atom is -0.396 e. The maximum atomic E-state index is 13.3. The Hall–Kier alpha value is -3.49. The van der Waals surface area contributed by atoms with Crippen LogP contribution in [-0.4, -0.2) is 32.2 Å². The highest BCUT2D eigenvalue weighted by Crippen LogP contribution is 2.26. The van der Waals surface area contributed by atoms with E-state index in [1.165, 1.54) is 16.6 Å². The number of nitrogens with zero attached hydrogens (tertiary/aromatic N) is 2. The molecule has 0 aliphatic heterocycles. The lowest BCUT2D eigenvalue weighted by atomic mass is 10.00. The zero-order chi connectivity index (χ0) is 24.4. The highest BCUT2D eigenvalue weighted by Gasteiger charge is 2.26. The van der Waals surface area contributed by atoms with Crippen LogP contribution in [0.2, 0.25) is 5.02 Å². The van der Waals surface area contributed by atoms with Gasteiger partial charge in [0.05, 0.1) is 17.9 Å². The van der Waals surface area contributed by atoms with E-state index >= 15 is 0 Å². The SMILES string of the molecule is CC(C)c1c(C(=O)N[C@H](CCO)c2ccc(F)cc2)nn2cc(-c3cccc(Cl)c3)[nH]c(=O)c12. The fourth-order valence-corrected chi connectivity index (χ4v) is 4.18. The number of rotatable bonds is 7. The lowest BCUT2D eigenvalue weighted by Crippen LogP contribution is -2.30. The van der Waals surface area contributed by atoms with Gasteiger partial charge in [0.1, 0.15) is 11.3 Å². The molecule has 1 amide bonds. The van der Waals surface area contributed by atoms with Crippen molar-refractivity contribution in [3.8, 4) is 11.3 Å². The van der Waals surface area contributed by atoms with Crippen LogP contribution in [0.3, 0.4) is 0 Å². The summed E-state index contributed by atoms with van der Waals surface area (Å²) in [4.78, 5) is 29.2. The summed E-state index contributed by atoms with van der Waals surface area (Å²) in [7, 11) is 0. The van der Waals surface area contributed by atoms with Gasteiger partial charge in [0.2, 0.25) is 0 Å². The first kappa shape index (κ1) is 23.7. The second-order valence-electron chi connectivity index (χ2n) is 8.31. The molecule has 0 fully saturated rings. The van der Waals surface area contributed by atoms with Crippen molar-refractivity contribution in [2.45, 2.75) is 32.2 Å². The van der Waals surface area contributed by atoms with Gasteiger partial charge in [0, 0.05) is 22.8 Å². The lowest BCUT2D eigenvalue weighted by Gasteiger charge is -2.18. The lowest BCUT2D eigenvalue weighted by molar-refractivity contribution is 0.0923. The van der Waals surface area contributed by atoms with E-state index in [-0.39, 0.29) is 35.7 Å². The van der Waals surface area contributed by atoms with Crippen molar-refractivity contribution in [1.29, 1.82) is 0 Å². The van der Waals surface area contributed by atoms with Crippen LogP contribution in [0.25, 0.3) is 16.8 Å². The minimum atomic E-state index is -0.553. The van der Waals surface area contributed by atoms with Crippen LogP contribution in [0.1, 0.15) is 53.8 Å². The number of nitrogens with one attached hydrogen (secondary N) is 2. The van der Waals surface area contributed by atoms with Crippen LogP contribution in [-0.2, 0) is 0 Å². The molecule has 0 saturated heterocycles. The molecule has 34 heavy (non-hydrogen) atoms. The normalized spacial score (nSPS) is 12.3. The first-order valence-electron chi connectivity index (χ1n) is 10.9. The Balaban J connectivity index is 1.77. The number of benzene rings is 2. The fourth-order valence-electron chi connectivity index (χ4n) is 3.99. The topological polar surface area (TPSA) is 99.5 Å². The molecule has 0 aliphatic rings. The number of halogens is 2. The summed E-state index contributed by atoms with van der Waals surface area (Å²) in [6, 6.07) is 12.2. The molecule has 2 aromatic carbocycles. The van der Waals surface area contributed by atoms with E-state index in [0.29, 0.717) is 27.4 Å². The van der Waals surface area contributed by atoms with Crippen LogP contribution in [0.4, 0.5) is 4.39 Å². The fraction of sp³-hybridized carbons (Fsp3) is 0.240. The largest absolute Gasteiger partial charge is 0.396 e. The van der Waals surface area contributed by atoms with Gasteiger partial charge in [-0.25, -0.2) is 8.91 Å². The van der Waals surface area contributed by atoms with E-state index in [0.717, 1.165) is 0 Å². The smallest absolute Gasteiger partial charge is 0.274 e. The Kier molecular flexibility index (Phi) is 6.81. The first-order chi connectivity index (χ1) is 16.3.